The molecule has 0 amide bonds. The summed E-state index contributed by atoms with van der Waals surface area (Å²) in [5.74, 6) is 0. The second-order valence-corrected chi connectivity index (χ2v) is 0. The minimum absolute atomic E-state index is 0. The minimum atomic E-state index is 0. The molecule has 0 saturated heterocycles. The van der Waals surface area contributed by atoms with Crippen molar-refractivity contribution in [2.75, 3.05) is 0 Å². The summed E-state index contributed by atoms with van der Waals surface area (Å²) in [4.78, 5) is 0. The van der Waals surface area contributed by atoms with E-state index in [0.717, 1.165) is 0 Å². The average Bonchev–Trinajstić information content (AvgIpc) is 0. The van der Waals surface area contributed by atoms with Crippen LogP contribution in [0, 0.1) is 0 Å². The van der Waals surface area contributed by atoms with Gasteiger partial charge < -0.3 is 67.9 Å². The number of halogens is 4. The molecule has 0 spiro atoms. The van der Waals surface area contributed by atoms with E-state index >= 15 is 0 Å². The molecule has 6 heteroatoms. The van der Waals surface area contributed by atoms with E-state index in [0.29, 0.717) is 0 Å². The molecule has 0 aromatic carbocycles. The zero-order chi connectivity index (χ0) is 0. The Morgan fingerprint density at radius 1 is 0.500 bits per heavy atom. The monoisotopic (exact) mass is 403 g/mol. The Labute approximate surface area is 106 Å². The van der Waals surface area contributed by atoms with Crippen molar-refractivity contribution in [1.29, 1.82) is 0 Å². The molecule has 0 saturated carbocycles. The van der Waals surface area contributed by atoms with Crippen molar-refractivity contribution in [3.63, 3.8) is 0 Å². The molecule has 0 fully saturated rings. The summed E-state index contributed by atoms with van der Waals surface area (Å²) in [5, 5.41) is 0. The Hall–Kier alpha value is 3.21. The molecular formula is Br4CuMg. The van der Waals surface area contributed by atoms with Gasteiger partial charge in [0, 0.05) is 0 Å². The van der Waals surface area contributed by atoms with Gasteiger partial charge in [-0.25, -0.2) is 0 Å². The van der Waals surface area contributed by atoms with Crippen LogP contribution in [0.3, 0.4) is 0 Å². The number of rotatable bonds is 0. The molecule has 0 atom stereocenters. The zero-order valence-corrected chi connectivity index (χ0v) is 11.2. The maximum absolute atomic E-state index is 0. The van der Waals surface area contributed by atoms with Crippen LogP contribution in [-0.2, 0) is 17.1 Å². The van der Waals surface area contributed by atoms with Crippen LogP contribution in [0.4, 0.5) is 0 Å². The fourth-order valence-electron chi connectivity index (χ4n) is 0. The van der Waals surface area contributed by atoms with E-state index in [9.17, 15) is 0 Å². The zero-order valence-electron chi connectivity index (χ0n) is 2.52. The van der Waals surface area contributed by atoms with E-state index in [1.807, 2.05) is 0 Å². The molecule has 0 heterocycles. The van der Waals surface area contributed by atoms with Gasteiger partial charge in [-0.1, -0.05) is 0 Å². The summed E-state index contributed by atoms with van der Waals surface area (Å²) in [5.41, 5.74) is 0. The van der Waals surface area contributed by atoms with Crippen molar-refractivity contribution < 1.29 is 85.0 Å². The quantitative estimate of drug-likeness (QED) is 0.350. The Morgan fingerprint density at radius 3 is 0.500 bits per heavy atom. The Balaban J connectivity index is 0. The van der Waals surface area contributed by atoms with Crippen LogP contribution in [0.2, 0.25) is 0 Å². The van der Waals surface area contributed by atoms with Crippen molar-refractivity contribution in [3.8, 4) is 0 Å². The van der Waals surface area contributed by atoms with Crippen LogP contribution in [0.5, 0.6) is 0 Å². The van der Waals surface area contributed by atoms with E-state index in [2.05, 4.69) is 0 Å². The van der Waals surface area contributed by atoms with E-state index in [4.69, 9.17) is 0 Å². The van der Waals surface area contributed by atoms with Crippen molar-refractivity contribution in [3.05, 3.63) is 0 Å². The van der Waals surface area contributed by atoms with Crippen LogP contribution in [0.15, 0.2) is 0 Å². The normalized spacial score (nSPS) is 0. The molecule has 0 N–H and O–H groups in total. The van der Waals surface area contributed by atoms with Crippen molar-refractivity contribution in [2.45, 2.75) is 0 Å². The maximum Gasteiger partial charge on any atom is 2.00 e. The molecular weight excluding hydrogens is 407 g/mol. The molecule has 1 radical (unpaired) electrons. The van der Waals surface area contributed by atoms with Gasteiger partial charge in [0.1, 0.15) is 0 Å². The summed E-state index contributed by atoms with van der Waals surface area (Å²) < 4.78 is 0. The van der Waals surface area contributed by atoms with E-state index < -0.39 is 0 Å². The van der Waals surface area contributed by atoms with Crippen LogP contribution in [-0.4, -0.2) is 23.1 Å². The van der Waals surface area contributed by atoms with Gasteiger partial charge in [0.15, 0.2) is 0 Å². The molecule has 0 aromatic rings. The fraction of sp³-hybridized carbons (Fsp3) is 0. The predicted molar refractivity (Wildman–Crippen MR) is 5.75 cm³/mol. The third-order valence-corrected chi connectivity index (χ3v) is 0. The summed E-state index contributed by atoms with van der Waals surface area (Å²) in [6.07, 6.45) is 0. The first kappa shape index (κ1) is 60.3. The molecule has 0 aromatic heterocycles. The fourth-order valence-corrected chi connectivity index (χ4v) is 0. The first-order valence-corrected chi connectivity index (χ1v) is 0. The van der Waals surface area contributed by atoms with Crippen molar-refractivity contribution in [2.24, 2.45) is 0 Å². The van der Waals surface area contributed by atoms with E-state index in [-0.39, 0.29) is 108 Å². The number of hydrogen-bond donors (Lipinski definition) is 0. The molecule has 0 bridgehead atoms. The Kier molecular flexibility index (Phi) is 417. The van der Waals surface area contributed by atoms with Crippen molar-refractivity contribution >= 4 is 23.1 Å². The summed E-state index contributed by atoms with van der Waals surface area (Å²) in [6, 6.07) is 0. The van der Waals surface area contributed by atoms with Gasteiger partial charge >= 0.3 is 40.1 Å². The van der Waals surface area contributed by atoms with Crippen molar-refractivity contribution in [1.82, 2.24) is 0 Å². The Morgan fingerprint density at radius 2 is 0.500 bits per heavy atom. The van der Waals surface area contributed by atoms with Crippen LogP contribution < -0.4 is 67.9 Å². The molecule has 6 heavy (non-hydrogen) atoms. The first-order chi connectivity index (χ1) is 0. The SMILES string of the molecule is [Br-].[Br-].[Br-].[Br-].[Cu+2].[Mg+2]. The van der Waals surface area contributed by atoms with Gasteiger partial charge in [-0.15, -0.1) is 0 Å². The van der Waals surface area contributed by atoms with Gasteiger partial charge in [-0.05, 0) is 0 Å². The summed E-state index contributed by atoms with van der Waals surface area (Å²) in [7, 11) is 0. The van der Waals surface area contributed by atoms with Crippen LogP contribution in [0.1, 0.15) is 0 Å². The molecule has 0 aliphatic carbocycles. The molecule has 0 unspecified atom stereocenters. The van der Waals surface area contributed by atoms with Gasteiger partial charge in [0.2, 0.25) is 0 Å². The molecule has 0 aliphatic heterocycles. The maximum atomic E-state index is 0. The standard InChI is InChI=1S/4BrH.Cu.Mg/h4*1H;;/q;;;;2*+2/p-4. The van der Waals surface area contributed by atoms with Gasteiger partial charge in [-0.3, -0.25) is 0 Å². The minimum Gasteiger partial charge on any atom is -1.00 e. The number of hydrogen-bond acceptors (Lipinski definition) is 0. The second-order valence-electron chi connectivity index (χ2n) is 0. The van der Waals surface area contributed by atoms with Crippen LogP contribution >= 0.6 is 0 Å². The third kappa shape index (κ3) is 27.0. The summed E-state index contributed by atoms with van der Waals surface area (Å²) >= 11 is 0. The average molecular weight is 407 g/mol. The van der Waals surface area contributed by atoms with Gasteiger partial charge in [0.05, 0.1) is 0 Å². The van der Waals surface area contributed by atoms with Gasteiger partial charge in [0.25, 0.3) is 0 Å². The predicted octanol–water partition coefficient (Wildman–Crippen LogP) is -12.4. The molecule has 0 nitrogen and oxygen atoms in total. The Bertz CT molecular complexity index is 7.51. The largest absolute Gasteiger partial charge is 2.00 e. The van der Waals surface area contributed by atoms with Gasteiger partial charge in [-0.2, -0.15) is 0 Å². The first-order valence-electron chi connectivity index (χ1n) is 0. The van der Waals surface area contributed by atoms with Crippen LogP contribution in [0.25, 0.3) is 0 Å². The molecule has 41 valence electrons. The molecule has 0 rings (SSSR count). The third-order valence-electron chi connectivity index (χ3n) is 0. The van der Waals surface area contributed by atoms with E-state index in [1.165, 1.54) is 0 Å². The smallest absolute Gasteiger partial charge is 1.00 e. The summed E-state index contributed by atoms with van der Waals surface area (Å²) in [6.45, 7) is 0. The van der Waals surface area contributed by atoms with E-state index in [1.54, 1.807) is 0 Å². The molecule has 0 aliphatic rings. The second kappa shape index (κ2) is 41.5. The topological polar surface area (TPSA) is 0 Å².